The predicted octanol–water partition coefficient (Wildman–Crippen LogP) is 4.57. The number of nitrogens with zero attached hydrogens (tertiary/aromatic N) is 1. The summed E-state index contributed by atoms with van der Waals surface area (Å²) in [6.45, 7) is 2.25. The van der Waals surface area contributed by atoms with Crippen molar-refractivity contribution in [2.75, 3.05) is 0 Å². The van der Waals surface area contributed by atoms with Crippen molar-refractivity contribution in [1.29, 1.82) is 5.26 Å². The summed E-state index contributed by atoms with van der Waals surface area (Å²) in [7, 11) is 0. The van der Waals surface area contributed by atoms with Gasteiger partial charge >= 0.3 is 0 Å². The van der Waals surface area contributed by atoms with Gasteiger partial charge in [0.05, 0.1) is 6.07 Å². The van der Waals surface area contributed by atoms with E-state index in [0.29, 0.717) is 6.42 Å². The summed E-state index contributed by atoms with van der Waals surface area (Å²) < 4.78 is 0. The standard InChI is InChI=1S/C15H29NO/c1-2-3-4-5-6-7-8-9-10-11-12-13-15(17)14-16/h15,17H,2-13H2,1H3. The van der Waals surface area contributed by atoms with Crippen molar-refractivity contribution in [3.8, 4) is 6.07 Å². The molecule has 0 heterocycles. The second-order valence-electron chi connectivity index (χ2n) is 4.97. The zero-order chi connectivity index (χ0) is 12.8. The quantitative estimate of drug-likeness (QED) is 0.400. The van der Waals surface area contributed by atoms with E-state index in [1.54, 1.807) is 0 Å². The Morgan fingerprint density at radius 3 is 1.65 bits per heavy atom. The first kappa shape index (κ1) is 16.4. The van der Waals surface area contributed by atoms with E-state index in [4.69, 9.17) is 10.4 Å². The van der Waals surface area contributed by atoms with Crippen LogP contribution in [0, 0.1) is 11.3 Å². The SMILES string of the molecule is CCCCCCCCCCCCCC(O)C#N. The van der Waals surface area contributed by atoms with Gasteiger partial charge in [-0.05, 0) is 12.8 Å². The third-order valence-electron chi connectivity index (χ3n) is 3.23. The molecule has 1 N–H and O–H groups in total. The Morgan fingerprint density at radius 2 is 1.24 bits per heavy atom. The van der Waals surface area contributed by atoms with Gasteiger partial charge in [0.2, 0.25) is 0 Å². The summed E-state index contributed by atoms with van der Waals surface area (Å²) in [4.78, 5) is 0. The molecule has 0 saturated carbocycles. The Balaban J connectivity index is 2.97. The van der Waals surface area contributed by atoms with E-state index in [1.807, 2.05) is 6.07 Å². The van der Waals surface area contributed by atoms with Crippen LogP contribution in [0.15, 0.2) is 0 Å². The highest BCUT2D eigenvalue weighted by Crippen LogP contribution is 2.12. The average molecular weight is 239 g/mol. The van der Waals surface area contributed by atoms with Crippen molar-refractivity contribution in [1.82, 2.24) is 0 Å². The monoisotopic (exact) mass is 239 g/mol. The van der Waals surface area contributed by atoms with Crippen LogP contribution >= 0.6 is 0 Å². The summed E-state index contributed by atoms with van der Waals surface area (Å²) in [5, 5.41) is 17.4. The number of hydrogen-bond acceptors (Lipinski definition) is 2. The molecule has 1 unspecified atom stereocenters. The zero-order valence-electron chi connectivity index (χ0n) is 11.5. The van der Waals surface area contributed by atoms with Gasteiger partial charge in [-0.3, -0.25) is 0 Å². The fraction of sp³-hybridized carbons (Fsp3) is 0.933. The Kier molecular flexibility index (Phi) is 13.1. The topological polar surface area (TPSA) is 44.0 Å². The van der Waals surface area contributed by atoms with Crippen molar-refractivity contribution in [2.45, 2.75) is 90.1 Å². The minimum atomic E-state index is -0.742. The first-order valence-electron chi connectivity index (χ1n) is 7.39. The molecule has 0 aliphatic heterocycles. The molecule has 0 bridgehead atoms. The first-order chi connectivity index (χ1) is 8.31. The van der Waals surface area contributed by atoms with Crippen molar-refractivity contribution in [3.05, 3.63) is 0 Å². The minimum Gasteiger partial charge on any atom is -0.378 e. The van der Waals surface area contributed by atoms with Crippen LogP contribution in [0.4, 0.5) is 0 Å². The largest absolute Gasteiger partial charge is 0.378 e. The molecule has 0 aromatic carbocycles. The van der Waals surface area contributed by atoms with E-state index in [-0.39, 0.29) is 0 Å². The van der Waals surface area contributed by atoms with Crippen molar-refractivity contribution >= 4 is 0 Å². The number of aliphatic hydroxyl groups excluding tert-OH is 1. The summed E-state index contributed by atoms with van der Waals surface area (Å²) in [6, 6.07) is 1.86. The highest BCUT2D eigenvalue weighted by Gasteiger charge is 1.99. The molecule has 2 nitrogen and oxygen atoms in total. The van der Waals surface area contributed by atoms with E-state index >= 15 is 0 Å². The normalized spacial score (nSPS) is 12.3. The van der Waals surface area contributed by atoms with Crippen molar-refractivity contribution < 1.29 is 5.11 Å². The lowest BCUT2D eigenvalue weighted by molar-refractivity contribution is 0.215. The molecule has 0 aromatic rings. The molecular formula is C15H29NO. The molecule has 100 valence electrons. The summed E-state index contributed by atoms with van der Waals surface area (Å²) in [5.41, 5.74) is 0. The van der Waals surface area contributed by atoms with Gasteiger partial charge in [-0.1, -0.05) is 71.1 Å². The molecule has 0 saturated heterocycles. The maximum atomic E-state index is 9.04. The third kappa shape index (κ3) is 13.4. The number of unbranched alkanes of at least 4 members (excludes halogenated alkanes) is 10. The Hall–Kier alpha value is -0.550. The van der Waals surface area contributed by atoms with Crippen LogP contribution in [0.1, 0.15) is 84.0 Å². The molecule has 0 aliphatic rings. The maximum Gasteiger partial charge on any atom is 0.140 e. The molecule has 2 heteroatoms. The van der Waals surface area contributed by atoms with Crippen molar-refractivity contribution in [2.24, 2.45) is 0 Å². The van der Waals surface area contributed by atoms with Crippen LogP contribution in [-0.2, 0) is 0 Å². The lowest BCUT2D eigenvalue weighted by Gasteiger charge is -2.03. The molecule has 17 heavy (non-hydrogen) atoms. The summed E-state index contributed by atoms with van der Waals surface area (Å²) in [6.07, 6.45) is 14.3. The predicted molar refractivity (Wildman–Crippen MR) is 72.7 cm³/mol. The van der Waals surface area contributed by atoms with E-state index in [1.165, 1.54) is 57.8 Å². The summed E-state index contributed by atoms with van der Waals surface area (Å²) in [5.74, 6) is 0. The Bertz CT molecular complexity index is 186. The second kappa shape index (κ2) is 13.5. The maximum absolute atomic E-state index is 9.04. The van der Waals surface area contributed by atoms with Crippen LogP contribution in [-0.4, -0.2) is 11.2 Å². The molecular weight excluding hydrogens is 210 g/mol. The molecule has 0 fully saturated rings. The highest BCUT2D eigenvalue weighted by atomic mass is 16.3. The number of rotatable bonds is 12. The van der Waals surface area contributed by atoms with Crippen LogP contribution < -0.4 is 0 Å². The van der Waals surface area contributed by atoms with Crippen LogP contribution in [0.3, 0.4) is 0 Å². The van der Waals surface area contributed by atoms with E-state index < -0.39 is 6.10 Å². The van der Waals surface area contributed by atoms with Gasteiger partial charge in [0.15, 0.2) is 0 Å². The van der Waals surface area contributed by atoms with Gasteiger partial charge in [-0.2, -0.15) is 5.26 Å². The lowest BCUT2D eigenvalue weighted by atomic mass is 10.0. The molecule has 0 rings (SSSR count). The van der Waals surface area contributed by atoms with Gasteiger partial charge in [0.25, 0.3) is 0 Å². The highest BCUT2D eigenvalue weighted by molar-refractivity contribution is 4.81. The van der Waals surface area contributed by atoms with E-state index in [9.17, 15) is 0 Å². The third-order valence-corrected chi connectivity index (χ3v) is 3.23. The Morgan fingerprint density at radius 1 is 0.824 bits per heavy atom. The number of nitriles is 1. The van der Waals surface area contributed by atoms with Crippen LogP contribution in [0.5, 0.6) is 0 Å². The fourth-order valence-corrected chi connectivity index (χ4v) is 2.07. The molecule has 0 radical (unpaired) electrons. The lowest BCUT2D eigenvalue weighted by Crippen LogP contribution is -2.01. The average Bonchev–Trinajstić information content (AvgIpc) is 2.35. The smallest absolute Gasteiger partial charge is 0.140 e. The van der Waals surface area contributed by atoms with Crippen molar-refractivity contribution in [3.63, 3.8) is 0 Å². The minimum absolute atomic E-state index is 0.646. The van der Waals surface area contributed by atoms with Gasteiger partial charge in [0, 0.05) is 0 Å². The molecule has 0 amide bonds. The van der Waals surface area contributed by atoms with E-state index in [2.05, 4.69) is 6.92 Å². The Labute approximate surface area is 107 Å². The van der Waals surface area contributed by atoms with Gasteiger partial charge in [-0.25, -0.2) is 0 Å². The first-order valence-corrected chi connectivity index (χ1v) is 7.39. The summed E-state index contributed by atoms with van der Waals surface area (Å²) >= 11 is 0. The van der Waals surface area contributed by atoms with Crippen LogP contribution in [0.2, 0.25) is 0 Å². The fourth-order valence-electron chi connectivity index (χ4n) is 2.07. The molecule has 0 aromatic heterocycles. The van der Waals surface area contributed by atoms with E-state index in [0.717, 1.165) is 12.8 Å². The van der Waals surface area contributed by atoms with Gasteiger partial charge in [-0.15, -0.1) is 0 Å². The zero-order valence-corrected chi connectivity index (χ0v) is 11.5. The molecule has 0 spiro atoms. The second-order valence-corrected chi connectivity index (χ2v) is 4.97. The molecule has 1 atom stereocenters. The number of hydrogen-bond donors (Lipinski definition) is 1. The van der Waals surface area contributed by atoms with Gasteiger partial charge < -0.3 is 5.11 Å². The van der Waals surface area contributed by atoms with Gasteiger partial charge in [0.1, 0.15) is 6.10 Å². The van der Waals surface area contributed by atoms with Crippen LogP contribution in [0.25, 0.3) is 0 Å². The molecule has 0 aliphatic carbocycles. The number of aliphatic hydroxyl groups is 1.